The largest absolute Gasteiger partial charge is 0.504 e. The molecule has 1 aromatic carbocycles. The van der Waals surface area contributed by atoms with Gasteiger partial charge in [0.15, 0.2) is 17.2 Å². The van der Waals surface area contributed by atoms with Crippen molar-refractivity contribution >= 4 is 0 Å². The van der Waals surface area contributed by atoms with Crippen LogP contribution in [-0.4, -0.2) is 27.0 Å². The number of rotatable bonds is 4. The lowest BCUT2D eigenvalue weighted by molar-refractivity contribution is -0.711. The summed E-state index contributed by atoms with van der Waals surface area (Å²) in [6.07, 6.45) is -1.23. The maximum Gasteiger partial charge on any atom is 0.299 e. The number of hydrogen-bond acceptors (Lipinski definition) is 7. The average Bonchev–Trinajstić information content (AvgIpc) is 2.23. The molecule has 1 aromatic rings. The summed E-state index contributed by atoms with van der Waals surface area (Å²) in [7, 11) is 0. The second kappa shape index (κ2) is 4.64. The molecule has 0 amide bonds. The number of aliphatic hydroxyl groups excluding tert-OH is 1. The van der Waals surface area contributed by atoms with Crippen molar-refractivity contribution in [1.82, 2.24) is 0 Å². The lowest BCUT2D eigenvalue weighted by atomic mass is 10.1. The van der Waals surface area contributed by atoms with Crippen LogP contribution >= 0.6 is 0 Å². The molecule has 0 heterocycles. The number of nitrogens with two attached hydrogens (primary N) is 1. The maximum atomic E-state index is 10.2. The van der Waals surface area contributed by atoms with E-state index in [0.29, 0.717) is 0 Å². The SMILES string of the molecule is NC[C@H](O)c1ccc(O)c(O)c1O[N+](=O)[O-]. The standard InChI is InChI=1S/C8H10N2O6/c9-3-6(12)4-1-2-5(11)7(13)8(4)16-10(14)15/h1-2,6,11-13H,3,9H2/t6-/m0/s1. The average molecular weight is 230 g/mol. The van der Waals surface area contributed by atoms with Crippen LogP contribution in [0.4, 0.5) is 0 Å². The zero-order valence-corrected chi connectivity index (χ0v) is 8.03. The highest BCUT2D eigenvalue weighted by Crippen LogP contribution is 2.40. The summed E-state index contributed by atoms with van der Waals surface area (Å²) >= 11 is 0. The summed E-state index contributed by atoms with van der Waals surface area (Å²) in [6.45, 7) is -0.210. The highest BCUT2D eigenvalue weighted by atomic mass is 17.0. The van der Waals surface area contributed by atoms with E-state index in [-0.39, 0.29) is 12.1 Å². The zero-order valence-electron chi connectivity index (χ0n) is 8.03. The smallest absolute Gasteiger partial charge is 0.299 e. The Morgan fingerprint density at radius 2 is 2.12 bits per heavy atom. The van der Waals surface area contributed by atoms with E-state index in [1.165, 1.54) is 6.07 Å². The molecule has 0 spiro atoms. The molecule has 0 bridgehead atoms. The fourth-order valence-electron chi connectivity index (χ4n) is 1.14. The molecule has 0 aliphatic carbocycles. The first-order valence-corrected chi connectivity index (χ1v) is 4.22. The molecule has 0 unspecified atom stereocenters. The van der Waals surface area contributed by atoms with Crippen molar-refractivity contribution in [2.24, 2.45) is 5.73 Å². The minimum atomic E-state index is -1.23. The first kappa shape index (κ1) is 12.0. The van der Waals surface area contributed by atoms with Crippen molar-refractivity contribution in [1.29, 1.82) is 0 Å². The molecule has 1 atom stereocenters. The van der Waals surface area contributed by atoms with Crippen molar-refractivity contribution in [2.45, 2.75) is 6.10 Å². The Labute approximate surface area is 89.6 Å². The minimum absolute atomic E-state index is 0.0745. The Balaban J connectivity index is 3.26. The van der Waals surface area contributed by atoms with E-state index in [4.69, 9.17) is 10.8 Å². The van der Waals surface area contributed by atoms with E-state index < -0.39 is 28.4 Å². The first-order valence-electron chi connectivity index (χ1n) is 4.22. The van der Waals surface area contributed by atoms with Gasteiger partial charge in [-0.15, -0.1) is 10.1 Å². The van der Waals surface area contributed by atoms with Crippen molar-refractivity contribution in [3.8, 4) is 17.2 Å². The zero-order chi connectivity index (χ0) is 12.3. The van der Waals surface area contributed by atoms with E-state index in [9.17, 15) is 20.3 Å². The quantitative estimate of drug-likeness (QED) is 0.315. The molecular formula is C8H10N2O6. The van der Waals surface area contributed by atoms with Crippen LogP contribution in [0.3, 0.4) is 0 Å². The van der Waals surface area contributed by atoms with Gasteiger partial charge in [0.1, 0.15) is 0 Å². The summed E-state index contributed by atoms with van der Waals surface area (Å²) in [4.78, 5) is 14.2. The Bertz CT molecular complexity index is 408. The Hall–Kier alpha value is -2.06. The highest BCUT2D eigenvalue weighted by Gasteiger charge is 2.20. The molecule has 8 heteroatoms. The molecule has 0 saturated heterocycles. The van der Waals surface area contributed by atoms with Crippen molar-refractivity contribution in [2.75, 3.05) is 6.54 Å². The molecule has 5 N–H and O–H groups in total. The number of aliphatic hydroxyl groups is 1. The number of hydrogen-bond donors (Lipinski definition) is 4. The fourth-order valence-corrected chi connectivity index (χ4v) is 1.14. The third-order valence-corrected chi connectivity index (χ3v) is 1.89. The molecule has 0 aliphatic rings. The molecule has 16 heavy (non-hydrogen) atoms. The van der Waals surface area contributed by atoms with Crippen molar-refractivity contribution in [3.63, 3.8) is 0 Å². The van der Waals surface area contributed by atoms with Crippen LogP contribution in [0, 0.1) is 10.1 Å². The van der Waals surface area contributed by atoms with Crippen LogP contribution in [0.15, 0.2) is 12.1 Å². The molecular weight excluding hydrogens is 220 g/mol. The third-order valence-electron chi connectivity index (χ3n) is 1.89. The maximum absolute atomic E-state index is 10.2. The molecule has 88 valence electrons. The molecule has 0 aromatic heterocycles. The topological polar surface area (TPSA) is 139 Å². The van der Waals surface area contributed by atoms with Crippen LogP contribution < -0.4 is 10.6 Å². The molecule has 8 nitrogen and oxygen atoms in total. The van der Waals surface area contributed by atoms with E-state index in [1.54, 1.807) is 0 Å². The van der Waals surface area contributed by atoms with Gasteiger partial charge in [-0.1, -0.05) is 6.07 Å². The fraction of sp³-hybridized carbons (Fsp3) is 0.250. The normalized spacial score (nSPS) is 12.1. The van der Waals surface area contributed by atoms with Crippen LogP contribution in [0.5, 0.6) is 17.2 Å². The molecule has 0 aliphatic heterocycles. The van der Waals surface area contributed by atoms with Gasteiger partial charge >= 0.3 is 0 Å². The summed E-state index contributed by atoms with van der Waals surface area (Å²) in [5.74, 6) is -2.03. The van der Waals surface area contributed by atoms with Gasteiger partial charge in [0.25, 0.3) is 5.09 Å². The highest BCUT2D eigenvalue weighted by molar-refractivity contribution is 5.54. The third kappa shape index (κ3) is 2.30. The van der Waals surface area contributed by atoms with Gasteiger partial charge in [0, 0.05) is 12.1 Å². The Morgan fingerprint density at radius 3 is 2.62 bits per heavy atom. The van der Waals surface area contributed by atoms with Gasteiger partial charge in [-0.2, -0.15) is 0 Å². The summed E-state index contributed by atoms with van der Waals surface area (Å²) in [5.41, 5.74) is 5.10. The van der Waals surface area contributed by atoms with Gasteiger partial charge in [-0.25, -0.2) is 0 Å². The van der Waals surface area contributed by atoms with Gasteiger partial charge in [-0.05, 0) is 6.07 Å². The summed E-state index contributed by atoms with van der Waals surface area (Å²) in [5, 5.41) is 36.9. The summed E-state index contributed by atoms with van der Waals surface area (Å²) < 4.78 is 0. The summed E-state index contributed by atoms with van der Waals surface area (Å²) in [6, 6.07) is 2.24. The lowest BCUT2D eigenvalue weighted by Crippen LogP contribution is -2.14. The van der Waals surface area contributed by atoms with Crippen LogP contribution in [-0.2, 0) is 0 Å². The molecule has 0 radical (unpaired) electrons. The number of phenols is 2. The lowest BCUT2D eigenvalue weighted by Gasteiger charge is -2.14. The second-order valence-corrected chi connectivity index (χ2v) is 2.92. The van der Waals surface area contributed by atoms with Gasteiger partial charge in [0.05, 0.1) is 6.10 Å². The number of aromatic hydroxyl groups is 2. The Kier molecular flexibility index (Phi) is 3.48. The number of nitrogens with zero attached hydrogens (tertiary/aromatic N) is 1. The van der Waals surface area contributed by atoms with Gasteiger partial charge < -0.3 is 21.1 Å². The molecule has 0 fully saturated rings. The molecule has 1 rings (SSSR count). The van der Waals surface area contributed by atoms with Gasteiger partial charge in [0.2, 0.25) is 0 Å². The number of benzene rings is 1. The van der Waals surface area contributed by atoms with Gasteiger partial charge in [-0.3, -0.25) is 4.84 Å². The first-order chi connectivity index (χ1) is 7.47. The minimum Gasteiger partial charge on any atom is -0.504 e. The molecule has 0 saturated carbocycles. The van der Waals surface area contributed by atoms with Crippen LogP contribution in [0.2, 0.25) is 0 Å². The van der Waals surface area contributed by atoms with Crippen LogP contribution in [0.25, 0.3) is 0 Å². The van der Waals surface area contributed by atoms with Crippen molar-refractivity contribution in [3.05, 3.63) is 27.8 Å². The number of phenolic OH excluding ortho intramolecular Hbond substituents is 2. The van der Waals surface area contributed by atoms with E-state index >= 15 is 0 Å². The van der Waals surface area contributed by atoms with E-state index in [2.05, 4.69) is 4.84 Å². The van der Waals surface area contributed by atoms with Crippen molar-refractivity contribution < 1.29 is 25.2 Å². The van der Waals surface area contributed by atoms with E-state index in [1.807, 2.05) is 0 Å². The monoisotopic (exact) mass is 230 g/mol. The van der Waals surface area contributed by atoms with E-state index in [0.717, 1.165) is 6.07 Å². The second-order valence-electron chi connectivity index (χ2n) is 2.92. The van der Waals surface area contributed by atoms with Crippen LogP contribution in [0.1, 0.15) is 11.7 Å². The Morgan fingerprint density at radius 1 is 1.50 bits per heavy atom. The predicted molar refractivity (Wildman–Crippen MR) is 51.4 cm³/mol. The predicted octanol–water partition coefficient (Wildman–Crippen LogP) is -0.340.